The number of hydrogen-bond acceptors (Lipinski definition) is 2. The second-order valence-electron chi connectivity index (χ2n) is 7.61. The van der Waals surface area contributed by atoms with Gasteiger partial charge in [-0.2, -0.15) is 5.06 Å². The minimum Gasteiger partial charge on any atom is -0.314 e. The van der Waals surface area contributed by atoms with Crippen LogP contribution in [0, 0.1) is 0 Å². The van der Waals surface area contributed by atoms with Crippen molar-refractivity contribution in [3.63, 3.8) is 0 Å². The molecule has 0 heterocycles. The molecule has 0 aliphatic carbocycles. The van der Waals surface area contributed by atoms with Crippen LogP contribution in [-0.4, -0.2) is 23.4 Å². The van der Waals surface area contributed by atoms with E-state index in [1.54, 1.807) is 5.06 Å². The molecular weight excluding hydrogens is 294 g/mol. The number of rotatable bonds is 20. The molecule has 2 nitrogen and oxygen atoms in total. The Bertz CT molecular complexity index is 220. The summed E-state index contributed by atoms with van der Waals surface area (Å²) in [5, 5.41) is 11.4. The van der Waals surface area contributed by atoms with Gasteiger partial charge in [0.2, 0.25) is 0 Å². The molecule has 0 aromatic heterocycles. The lowest BCUT2D eigenvalue weighted by atomic mass is 10.1. The van der Waals surface area contributed by atoms with Crippen LogP contribution in [0.2, 0.25) is 0 Å². The Morgan fingerprint density at radius 3 is 0.958 bits per heavy atom. The van der Waals surface area contributed by atoms with Gasteiger partial charge in [-0.25, -0.2) is 0 Å². The molecule has 0 spiro atoms. The first-order chi connectivity index (χ1) is 11.8. The van der Waals surface area contributed by atoms with E-state index in [1.165, 1.54) is 103 Å². The molecule has 0 aromatic carbocycles. The molecule has 146 valence electrons. The van der Waals surface area contributed by atoms with Gasteiger partial charge in [-0.3, -0.25) is 0 Å². The minimum atomic E-state index is 0.867. The lowest BCUT2D eigenvalue weighted by Gasteiger charge is -2.14. The maximum absolute atomic E-state index is 9.88. The van der Waals surface area contributed by atoms with E-state index in [0.29, 0.717) is 0 Å². The second kappa shape index (κ2) is 21.0. The van der Waals surface area contributed by atoms with E-state index in [4.69, 9.17) is 0 Å². The zero-order chi connectivity index (χ0) is 17.7. The van der Waals surface area contributed by atoms with Crippen molar-refractivity contribution in [2.75, 3.05) is 13.1 Å². The SMILES string of the molecule is CCCCCCCCCCCCN(O)CCCCCCCCCC. The molecule has 0 saturated heterocycles. The maximum atomic E-state index is 9.88. The van der Waals surface area contributed by atoms with Gasteiger partial charge in [-0.1, -0.05) is 117 Å². The van der Waals surface area contributed by atoms with E-state index in [0.717, 1.165) is 25.9 Å². The maximum Gasteiger partial charge on any atom is 0.0238 e. The summed E-state index contributed by atoms with van der Waals surface area (Å²) in [6, 6.07) is 0. The molecule has 0 rings (SSSR count). The van der Waals surface area contributed by atoms with E-state index in [1.807, 2.05) is 0 Å². The van der Waals surface area contributed by atoms with Gasteiger partial charge >= 0.3 is 0 Å². The lowest BCUT2D eigenvalue weighted by molar-refractivity contribution is -0.0925. The van der Waals surface area contributed by atoms with Crippen LogP contribution in [0.4, 0.5) is 0 Å². The molecule has 0 aromatic rings. The summed E-state index contributed by atoms with van der Waals surface area (Å²) in [5.74, 6) is 0. The summed E-state index contributed by atoms with van der Waals surface area (Å²) in [6.45, 7) is 6.28. The fraction of sp³-hybridized carbons (Fsp3) is 1.00. The van der Waals surface area contributed by atoms with Crippen LogP contribution >= 0.6 is 0 Å². The molecule has 0 bridgehead atoms. The van der Waals surface area contributed by atoms with Gasteiger partial charge in [0.05, 0.1) is 0 Å². The molecule has 0 amide bonds. The van der Waals surface area contributed by atoms with Gasteiger partial charge in [-0.05, 0) is 12.8 Å². The van der Waals surface area contributed by atoms with E-state index >= 15 is 0 Å². The van der Waals surface area contributed by atoms with E-state index < -0.39 is 0 Å². The third-order valence-electron chi connectivity index (χ3n) is 5.04. The predicted octanol–water partition coefficient (Wildman–Crippen LogP) is 7.74. The van der Waals surface area contributed by atoms with Crippen LogP contribution in [0.3, 0.4) is 0 Å². The monoisotopic (exact) mass is 341 g/mol. The first-order valence-corrected chi connectivity index (χ1v) is 11.2. The van der Waals surface area contributed by atoms with Crippen molar-refractivity contribution in [2.24, 2.45) is 0 Å². The Morgan fingerprint density at radius 2 is 0.667 bits per heavy atom. The van der Waals surface area contributed by atoms with Gasteiger partial charge < -0.3 is 5.21 Å². The quantitative estimate of drug-likeness (QED) is 0.181. The number of unbranched alkanes of at least 4 members (excludes halogenated alkanes) is 16. The molecule has 0 aliphatic heterocycles. The van der Waals surface area contributed by atoms with Crippen molar-refractivity contribution in [2.45, 2.75) is 129 Å². The Kier molecular flexibility index (Phi) is 20.9. The largest absolute Gasteiger partial charge is 0.314 e. The molecule has 0 aliphatic rings. The van der Waals surface area contributed by atoms with Crippen molar-refractivity contribution < 1.29 is 5.21 Å². The highest BCUT2D eigenvalue weighted by Gasteiger charge is 2.00. The Hall–Kier alpha value is -0.0800. The predicted molar refractivity (Wildman–Crippen MR) is 108 cm³/mol. The van der Waals surface area contributed by atoms with Crippen LogP contribution in [0.15, 0.2) is 0 Å². The van der Waals surface area contributed by atoms with Crippen LogP contribution in [0.25, 0.3) is 0 Å². The van der Waals surface area contributed by atoms with Crippen molar-refractivity contribution in [1.82, 2.24) is 5.06 Å². The van der Waals surface area contributed by atoms with E-state index in [2.05, 4.69) is 13.8 Å². The lowest BCUT2D eigenvalue weighted by Crippen LogP contribution is -2.21. The Labute approximate surface area is 153 Å². The fourth-order valence-electron chi connectivity index (χ4n) is 3.32. The first-order valence-electron chi connectivity index (χ1n) is 11.2. The fourth-order valence-corrected chi connectivity index (χ4v) is 3.32. The van der Waals surface area contributed by atoms with Crippen LogP contribution < -0.4 is 0 Å². The highest BCUT2D eigenvalue weighted by Crippen LogP contribution is 2.11. The number of hydrogen-bond donors (Lipinski definition) is 1. The van der Waals surface area contributed by atoms with Gasteiger partial charge in [0.25, 0.3) is 0 Å². The van der Waals surface area contributed by atoms with Crippen molar-refractivity contribution in [3.05, 3.63) is 0 Å². The Balaban J connectivity index is 3.11. The summed E-state index contributed by atoms with van der Waals surface area (Å²) in [7, 11) is 0. The van der Waals surface area contributed by atoms with Crippen molar-refractivity contribution in [1.29, 1.82) is 0 Å². The number of nitrogens with zero attached hydrogens (tertiary/aromatic N) is 1. The molecule has 0 radical (unpaired) electrons. The van der Waals surface area contributed by atoms with Crippen LogP contribution in [0.1, 0.15) is 129 Å². The van der Waals surface area contributed by atoms with Gasteiger partial charge in [0, 0.05) is 13.1 Å². The number of hydroxylamine groups is 2. The summed E-state index contributed by atoms with van der Waals surface area (Å²) < 4.78 is 0. The third kappa shape index (κ3) is 20.0. The van der Waals surface area contributed by atoms with Gasteiger partial charge in [0.1, 0.15) is 0 Å². The highest BCUT2D eigenvalue weighted by atomic mass is 16.5. The molecule has 24 heavy (non-hydrogen) atoms. The van der Waals surface area contributed by atoms with Crippen LogP contribution in [0.5, 0.6) is 0 Å². The normalized spacial score (nSPS) is 11.5. The first kappa shape index (κ1) is 23.9. The minimum absolute atomic E-state index is 0.867. The zero-order valence-electron chi connectivity index (χ0n) is 17.0. The smallest absolute Gasteiger partial charge is 0.0238 e. The summed E-state index contributed by atoms with van der Waals surface area (Å²) in [4.78, 5) is 0. The average molecular weight is 342 g/mol. The molecule has 1 N–H and O–H groups in total. The molecule has 0 fully saturated rings. The third-order valence-corrected chi connectivity index (χ3v) is 5.04. The van der Waals surface area contributed by atoms with Crippen molar-refractivity contribution >= 4 is 0 Å². The molecule has 0 unspecified atom stereocenters. The Morgan fingerprint density at radius 1 is 0.417 bits per heavy atom. The standard InChI is InChI=1S/C22H47NO/c1-3-5-7-9-11-13-14-16-18-20-22-23(24)21-19-17-15-12-10-8-6-4-2/h24H,3-22H2,1-2H3. The zero-order valence-corrected chi connectivity index (χ0v) is 17.0. The molecular formula is C22H47NO. The van der Waals surface area contributed by atoms with Gasteiger partial charge in [0.15, 0.2) is 0 Å². The topological polar surface area (TPSA) is 23.5 Å². The summed E-state index contributed by atoms with van der Waals surface area (Å²) >= 11 is 0. The second-order valence-corrected chi connectivity index (χ2v) is 7.61. The highest BCUT2D eigenvalue weighted by molar-refractivity contribution is 4.52. The van der Waals surface area contributed by atoms with Gasteiger partial charge in [-0.15, -0.1) is 0 Å². The van der Waals surface area contributed by atoms with E-state index in [-0.39, 0.29) is 0 Å². The summed E-state index contributed by atoms with van der Waals surface area (Å²) in [6.07, 6.45) is 24.3. The molecule has 2 heteroatoms. The molecule has 0 saturated carbocycles. The summed E-state index contributed by atoms with van der Waals surface area (Å²) in [5.41, 5.74) is 0. The molecule has 0 atom stereocenters. The van der Waals surface area contributed by atoms with Crippen LogP contribution in [-0.2, 0) is 0 Å². The average Bonchev–Trinajstić information content (AvgIpc) is 2.59. The van der Waals surface area contributed by atoms with E-state index in [9.17, 15) is 5.21 Å². The van der Waals surface area contributed by atoms with Crippen molar-refractivity contribution in [3.8, 4) is 0 Å².